The second kappa shape index (κ2) is 8.17. The highest BCUT2D eigenvalue weighted by atomic mass is 19.4. The summed E-state index contributed by atoms with van der Waals surface area (Å²) in [5, 5.41) is 12.6. The third-order valence-corrected chi connectivity index (χ3v) is 3.94. The highest BCUT2D eigenvalue weighted by Crippen LogP contribution is 2.21. The van der Waals surface area contributed by atoms with Gasteiger partial charge >= 0.3 is 6.18 Å². The lowest BCUT2D eigenvalue weighted by molar-refractivity contribution is -0.132. The van der Waals surface area contributed by atoms with Crippen LogP contribution in [0.3, 0.4) is 0 Å². The fraction of sp³-hybridized carbons (Fsp3) is 0.438. The number of nitrogens with zero attached hydrogens (tertiary/aromatic N) is 3. The van der Waals surface area contributed by atoms with E-state index >= 15 is 0 Å². The first kappa shape index (κ1) is 19.7. The molecule has 0 unspecified atom stereocenters. The molecule has 2 N–H and O–H groups in total. The summed E-state index contributed by atoms with van der Waals surface area (Å²) >= 11 is 0. The monoisotopic (exact) mass is 372 g/mol. The number of nitrogens with one attached hydrogen (secondary N) is 1. The molecule has 0 radical (unpaired) electrons. The van der Waals surface area contributed by atoms with Crippen LogP contribution in [0.1, 0.15) is 16.8 Å². The zero-order valence-electron chi connectivity index (χ0n) is 14.1. The molecule has 2 amide bonds. The van der Waals surface area contributed by atoms with Crippen molar-refractivity contribution in [3.05, 3.63) is 29.8 Å². The standard InChI is InChI=1S/C16H19F3N4O3/c1-22-6-8-23(9-7-22)14(25)10-13(16(17,18)19)20-21-15(26)11-4-2-3-5-12(11)24/h2-5,24H,6-10H2,1H3,(H,21,26). The Labute approximate surface area is 148 Å². The van der Waals surface area contributed by atoms with Crippen LogP contribution in [-0.2, 0) is 4.79 Å². The average Bonchev–Trinajstić information content (AvgIpc) is 2.58. The Morgan fingerprint density at radius 2 is 1.81 bits per heavy atom. The number of piperazine rings is 1. The summed E-state index contributed by atoms with van der Waals surface area (Å²) in [5.41, 5.74) is 0.135. The summed E-state index contributed by atoms with van der Waals surface area (Å²) in [6.45, 7) is 1.83. The number of hydrazone groups is 1. The normalized spacial score (nSPS) is 16.5. The first-order valence-corrected chi connectivity index (χ1v) is 7.87. The van der Waals surface area contributed by atoms with Gasteiger partial charge in [-0.3, -0.25) is 9.59 Å². The molecule has 1 saturated heterocycles. The quantitative estimate of drug-likeness (QED) is 0.615. The molecule has 0 atom stereocenters. The Morgan fingerprint density at radius 3 is 2.38 bits per heavy atom. The molecule has 1 aliphatic heterocycles. The number of phenols is 1. The molecule has 1 aliphatic rings. The molecule has 1 aromatic carbocycles. The van der Waals surface area contributed by atoms with Crippen LogP contribution >= 0.6 is 0 Å². The number of carbonyl (C=O) groups excluding carboxylic acids is 2. The van der Waals surface area contributed by atoms with Gasteiger partial charge in [-0.15, -0.1) is 0 Å². The van der Waals surface area contributed by atoms with Crippen LogP contribution in [0.4, 0.5) is 13.2 Å². The van der Waals surface area contributed by atoms with E-state index in [-0.39, 0.29) is 11.3 Å². The van der Waals surface area contributed by atoms with Crippen molar-refractivity contribution in [3.63, 3.8) is 0 Å². The minimum absolute atomic E-state index is 0.219. The topological polar surface area (TPSA) is 85.2 Å². The lowest BCUT2D eigenvalue weighted by Crippen LogP contribution is -2.48. The van der Waals surface area contributed by atoms with Crippen molar-refractivity contribution in [1.29, 1.82) is 0 Å². The average molecular weight is 372 g/mol. The van der Waals surface area contributed by atoms with E-state index < -0.39 is 30.1 Å². The van der Waals surface area contributed by atoms with E-state index in [1.54, 1.807) is 5.43 Å². The van der Waals surface area contributed by atoms with Crippen molar-refractivity contribution in [2.45, 2.75) is 12.6 Å². The van der Waals surface area contributed by atoms with Gasteiger partial charge in [0.15, 0.2) is 5.71 Å². The third kappa shape index (κ3) is 5.19. The lowest BCUT2D eigenvalue weighted by atomic mass is 10.2. The van der Waals surface area contributed by atoms with E-state index in [4.69, 9.17) is 0 Å². The number of aromatic hydroxyl groups is 1. The van der Waals surface area contributed by atoms with Crippen LogP contribution in [0.2, 0.25) is 0 Å². The first-order valence-electron chi connectivity index (χ1n) is 7.87. The number of para-hydroxylation sites is 1. The molecular formula is C16H19F3N4O3. The van der Waals surface area contributed by atoms with Gasteiger partial charge in [-0.25, -0.2) is 5.43 Å². The summed E-state index contributed by atoms with van der Waals surface area (Å²) < 4.78 is 39.4. The number of alkyl halides is 3. The summed E-state index contributed by atoms with van der Waals surface area (Å²) in [6.07, 6.45) is -5.83. The molecule has 7 nitrogen and oxygen atoms in total. The maximum atomic E-state index is 13.1. The Balaban J connectivity index is 2.07. The molecule has 142 valence electrons. The number of benzene rings is 1. The molecule has 0 aromatic heterocycles. The third-order valence-electron chi connectivity index (χ3n) is 3.94. The fourth-order valence-corrected chi connectivity index (χ4v) is 2.36. The smallest absolute Gasteiger partial charge is 0.431 e. The Bertz CT molecular complexity index is 698. The summed E-state index contributed by atoms with van der Waals surface area (Å²) in [6, 6.07) is 5.37. The van der Waals surface area contributed by atoms with Crippen molar-refractivity contribution >= 4 is 17.5 Å². The molecule has 0 aliphatic carbocycles. The SMILES string of the molecule is CN1CCN(C(=O)CC(=NNC(=O)c2ccccc2O)C(F)(F)F)CC1. The van der Waals surface area contributed by atoms with Crippen molar-refractivity contribution in [2.75, 3.05) is 33.2 Å². The van der Waals surface area contributed by atoms with Crippen LogP contribution < -0.4 is 5.43 Å². The van der Waals surface area contributed by atoms with Crippen molar-refractivity contribution < 1.29 is 27.9 Å². The number of phenolic OH excluding ortho intramolecular Hbond substituents is 1. The number of amides is 2. The second-order valence-electron chi connectivity index (χ2n) is 5.88. The maximum absolute atomic E-state index is 13.1. The van der Waals surface area contributed by atoms with Crippen LogP contribution in [-0.4, -0.2) is 71.8 Å². The zero-order valence-corrected chi connectivity index (χ0v) is 14.1. The minimum atomic E-state index is -4.87. The van der Waals surface area contributed by atoms with E-state index in [2.05, 4.69) is 5.10 Å². The van der Waals surface area contributed by atoms with Crippen molar-refractivity contribution in [1.82, 2.24) is 15.2 Å². The minimum Gasteiger partial charge on any atom is -0.507 e. The van der Waals surface area contributed by atoms with Gasteiger partial charge in [0.25, 0.3) is 5.91 Å². The molecule has 2 rings (SSSR count). The highest BCUT2D eigenvalue weighted by Gasteiger charge is 2.38. The van der Waals surface area contributed by atoms with E-state index in [1.807, 2.05) is 11.9 Å². The van der Waals surface area contributed by atoms with Crippen LogP contribution in [0, 0.1) is 0 Å². The molecule has 0 spiro atoms. The number of halogens is 3. The zero-order chi connectivity index (χ0) is 19.3. The Kier molecular flexibility index (Phi) is 6.19. The van der Waals surface area contributed by atoms with Gasteiger partial charge in [0.1, 0.15) is 5.75 Å². The summed E-state index contributed by atoms with van der Waals surface area (Å²) in [5.74, 6) is -2.09. The van der Waals surface area contributed by atoms with E-state index in [1.165, 1.54) is 29.2 Å². The molecule has 10 heteroatoms. The van der Waals surface area contributed by atoms with Gasteiger partial charge < -0.3 is 14.9 Å². The largest absolute Gasteiger partial charge is 0.507 e. The summed E-state index contributed by atoms with van der Waals surface area (Å²) in [4.78, 5) is 27.3. The van der Waals surface area contributed by atoms with Gasteiger partial charge in [0, 0.05) is 26.2 Å². The molecule has 1 fully saturated rings. The molecule has 26 heavy (non-hydrogen) atoms. The molecule has 0 bridgehead atoms. The molecular weight excluding hydrogens is 353 g/mol. The van der Waals surface area contributed by atoms with E-state index in [9.17, 15) is 27.9 Å². The maximum Gasteiger partial charge on any atom is 0.431 e. The predicted molar refractivity (Wildman–Crippen MR) is 87.8 cm³/mol. The van der Waals surface area contributed by atoms with Gasteiger partial charge in [-0.1, -0.05) is 12.1 Å². The van der Waals surface area contributed by atoms with Gasteiger partial charge in [-0.05, 0) is 19.2 Å². The molecule has 0 saturated carbocycles. The van der Waals surface area contributed by atoms with Gasteiger partial charge in [-0.2, -0.15) is 18.3 Å². The number of likely N-dealkylation sites (N-methyl/N-ethyl adjacent to an activating group) is 1. The van der Waals surface area contributed by atoms with Crippen LogP contribution in [0.5, 0.6) is 5.75 Å². The van der Waals surface area contributed by atoms with E-state index in [0.717, 1.165) is 0 Å². The highest BCUT2D eigenvalue weighted by molar-refractivity contribution is 6.05. The number of carbonyl (C=O) groups is 2. The second-order valence-corrected chi connectivity index (χ2v) is 5.88. The number of hydrogen-bond donors (Lipinski definition) is 2. The Morgan fingerprint density at radius 1 is 1.19 bits per heavy atom. The number of rotatable bonds is 4. The fourth-order valence-electron chi connectivity index (χ4n) is 2.36. The Hall–Kier alpha value is -2.62. The molecule has 1 aromatic rings. The van der Waals surface area contributed by atoms with Gasteiger partial charge in [0.2, 0.25) is 5.91 Å². The van der Waals surface area contributed by atoms with Crippen molar-refractivity contribution in [2.24, 2.45) is 5.10 Å². The van der Waals surface area contributed by atoms with Crippen LogP contribution in [0.15, 0.2) is 29.4 Å². The van der Waals surface area contributed by atoms with Gasteiger partial charge in [0.05, 0.1) is 12.0 Å². The first-order chi connectivity index (χ1) is 12.2. The number of hydrogen-bond acceptors (Lipinski definition) is 5. The van der Waals surface area contributed by atoms with E-state index in [0.29, 0.717) is 26.2 Å². The van der Waals surface area contributed by atoms with Crippen molar-refractivity contribution in [3.8, 4) is 5.75 Å². The summed E-state index contributed by atoms with van der Waals surface area (Å²) in [7, 11) is 1.86. The predicted octanol–water partition coefficient (Wildman–Crippen LogP) is 1.20. The van der Waals surface area contributed by atoms with Crippen LogP contribution in [0.25, 0.3) is 0 Å². The lowest BCUT2D eigenvalue weighted by Gasteiger charge is -2.32. The molecule has 1 heterocycles.